The molecule has 1 atom stereocenters. The second kappa shape index (κ2) is 8.72. The first-order valence-corrected chi connectivity index (χ1v) is 11.8. The number of aliphatic hydroxyl groups excluding tert-OH is 1. The molecule has 1 fully saturated rings. The van der Waals surface area contributed by atoms with E-state index in [1.54, 1.807) is 24.3 Å². The zero-order valence-electron chi connectivity index (χ0n) is 19.5. The largest absolute Gasteiger partial charge is 0.491 e. The number of hydrogen-bond acceptors (Lipinski definition) is 5. The van der Waals surface area contributed by atoms with E-state index < -0.39 is 12.0 Å². The van der Waals surface area contributed by atoms with Crippen LogP contribution in [0.25, 0.3) is 0 Å². The van der Waals surface area contributed by atoms with E-state index >= 15 is 0 Å². The first-order chi connectivity index (χ1) is 16.4. The lowest BCUT2D eigenvalue weighted by molar-refractivity contribution is -0.141. The number of hydrogen-bond donors (Lipinski definition) is 2. The van der Waals surface area contributed by atoms with Gasteiger partial charge in [0.15, 0.2) is 6.10 Å². The third kappa shape index (κ3) is 4.12. The fraction of sp³-hybridized carbons (Fsp3) is 0.370. The van der Waals surface area contributed by atoms with Crippen LogP contribution in [-0.2, 0) is 23.2 Å². The van der Waals surface area contributed by atoms with E-state index in [0.29, 0.717) is 35.7 Å². The third-order valence-electron chi connectivity index (χ3n) is 6.69. The molecule has 0 saturated heterocycles. The van der Waals surface area contributed by atoms with Gasteiger partial charge in [0.05, 0.1) is 29.3 Å². The van der Waals surface area contributed by atoms with Crippen molar-refractivity contribution in [1.82, 2.24) is 14.9 Å². The minimum Gasteiger partial charge on any atom is -0.491 e. The van der Waals surface area contributed by atoms with Crippen LogP contribution < -0.4 is 10.3 Å². The zero-order valence-corrected chi connectivity index (χ0v) is 19.5. The molecule has 5 rings (SSSR count). The van der Waals surface area contributed by atoms with Crippen molar-refractivity contribution >= 4 is 5.91 Å². The van der Waals surface area contributed by atoms with Gasteiger partial charge in [-0.1, -0.05) is 42.5 Å². The molecule has 3 aromatic rings. The Balaban J connectivity index is 1.36. The molecule has 1 saturated carbocycles. The predicted octanol–water partition coefficient (Wildman–Crippen LogP) is 3.26. The summed E-state index contributed by atoms with van der Waals surface area (Å²) >= 11 is 0. The molecule has 2 aliphatic rings. The van der Waals surface area contributed by atoms with Crippen molar-refractivity contribution in [2.45, 2.75) is 57.3 Å². The van der Waals surface area contributed by atoms with Crippen molar-refractivity contribution in [1.29, 1.82) is 0 Å². The zero-order chi connectivity index (χ0) is 23.9. The summed E-state index contributed by atoms with van der Waals surface area (Å²) in [7, 11) is 0. The first-order valence-electron chi connectivity index (χ1n) is 11.8. The highest BCUT2D eigenvalue weighted by Gasteiger charge is 2.48. The highest BCUT2D eigenvalue weighted by atomic mass is 16.5. The summed E-state index contributed by atoms with van der Waals surface area (Å²) in [6.45, 7) is 4.37. The van der Waals surface area contributed by atoms with Crippen LogP contribution in [-0.4, -0.2) is 38.5 Å². The van der Waals surface area contributed by atoms with E-state index in [9.17, 15) is 14.7 Å². The molecule has 7 nitrogen and oxygen atoms in total. The highest BCUT2D eigenvalue weighted by molar-refractivity contribution is 5.82. The lowest BCUT2D eigenvalue weighted by Gasteiger charge is -2.30. The molecule has 1 amide bonds. The quantitative estimate of drug-likeness (QED) is 0.590. The number of H-pyrrole nitrogens is 1. The molecular formula is C27H29N3O4. The van der Waals surface area contributed by atoms with Crippen LogP contribution >= 0.6 is 0 Å². The molecule has 2 aromatic carbocycles. The SMILES string of the molecule is CC(C)Oc1cccc(C(O)C(=O)N2CCc3nc(C4(c5ccccc5)CC4)[nH]c(=O)c3C2)c1. The van der Waals surface area contributed by atoms with E-state index in [1.807, 2.05) is 32.0 Å². The minimum absolute atomic E-state index is 0.0116. The second-order valence-corrected chi connectivity index (χ2v) is 9.44. The van der Waals surface area contributed by atoms with Crippen molar-refractivity contribution < 1.29 is 14.6 Å². The van der Waals surface area contributed by atoms with Gasteiger partial charge in [0.1, 0.15) is 11.6 Å². The first kappa shape index (κ1) is 22.3. The van der Waals surface area contributed by atoms with Gasteiger partial charge in [-0.15, -0.1) is 0 Å². The molecule has 0 radical (unpaired) electrons. The normalized spacial score (nSPS) is 17.2. The van der Waals surface area contributed by atoms with Crippen molar-refractivity contribution in [2.75, 3.05) is 6.54 Å². The Morgan fingerprint density at radius 2 is 1.91 bits per heavy atom. The summed E-state index contributed by atoms with van der Waals surface area (Å²) in [4.78, 5) is 35.5. The number of amides is 1. The number of nitrogens with zero attached hydrogens (tertiary/aromatic N) is 2. The Morgan fingerprint density at radius 3 is 2.62 bits per heavy atom. The van der Waals surface area contributed by atoms with Crippen molar-refractivity contribution in [2.24, 2.45) is 0 Å². The summed E-state index contributed by atoms with van der Waals surface area (Å²) < 4.78 is 5.68. The number of carbonyl (C=O) groups excluding carboxylic acids is 1. The van der Waals surface area contributed by atoms with Gasteiger partial charge in [-0.3, -0.25) is 9.59 Å². The fourth-order valence-corrected chi connectivity index (χ4v) is 4.73. The molecule has 2 heterocycles. The Labute approximate surface area is 198 Å². The van der Waals surface area contributed by atoms with E-state index in [1.165, 1.54) is 4.90 Å². The average molecular weight is 460 g/mol. The second-order valence-electron chi connectivity index (χ2n) is 9.44. The number of carbonyl (C=O) groups is 1. The van der Waals surface area contributed by atoms with E-state index in [2.05, 4.69) is 17.1 Å². The van der Waals surface area contributed by atoms with Gasteiger partial charge < -0.3 is 19.7 Å². The smallest absolute Gasteiger partial charge is 0.256 e. The maximum atomic E-state index is 13.1. The number of aromatic amines is 1. The highest BCUT2D eigenvalue weighted by Crippen LogP contribution is 2.51. The molecule has 1 aromatic heterocycles. The van der Waals surface area contributed by atoms with Crippen LogP contribution in [0, 0.1) is 0 Å². The van der Waals surface area contributed by atoms with Gasteiger partial charge in [0, 0.05) is 13.0 Å². The van der Waals surface area contributed by atoms with E-state index in [4.69, 9.17) is 9.72 Å². The standard InChI is InChI=1S/C27H29N3O4/c1-17(2)34-20-10-6-7-18(15-20)23(31)25(33)30-14-11-22-21(16-30)24(32)29-26(28-22)27(12-13-27)19-8-4-3-5-9-19/h3-10,15,17,23,31H,11-14,16H2,1-2H3,(H,28,29,32). The van der Waals surface area contributed by atoms with Crippen LogP contribution in [0.15, 0.2) is 59.4 Å². The van der Waals surface area contributed by atoms with E-state index in [-0.39, 0.29) is 23.6 Å². The maximum absolute atomic E-state index is 13.1. The summed E-state index contributed by atoms with van der Waals surface area (Å²) in [6, 6.07) is 17.1. The Hall–Kier alpha value is -3.45. The summed E-state index contributed by atoms with van der Waals surface area (Å²) in [5, 5.41) is 10.8. The number of aliphatic hydroxyl groups is 1. The predicted molar refractivity (Wildman–Crippen MR) is 128 cm³/mol. The van der Waals surface area contributed by atoms with Gasteiger partial charge in [-0.25, -0.2) is 4.98 Å². The molecule has 2 N–H and O–H groups in total. The van der Waals surface area contributed by atoms with Gasteiger partial charge >= 0.3 is 0 Å². The monoisotopic (exact) mass is 459 g/mol. The van der Waals surface area contributed by atoms with Gasteiger partial charge in [-0.05, 0) is 49.9 Å². The molecular weight excluding hydrogens is 430 g/mol. The average Bonchev–Trinajstić information content (AvgIpc) is 3.65. The van der Waals surface area contributed by atoms with Crippen LogP contribution in [0.5, 0.6) is 5.75 Å². The Morgan fingerprint density at radius 1 is 1.15 bits per heavy atom. The van der Waals surface area contributed by atoms with Gasteiger partial charge in [0.2, 0.25) is 0 Å². The summed E-state index contributed by atoms with van der Waals surface area (Å²) in [5.41, 5.74) is 2.44. The van der Waals surface area contributed by atoms with Gasteiger partial charge in [-0.2, -0.15) is 0 Å². The number of nitrogens with one attached hydrogen (secondary N) is 1. The molecule has 0 spiro atoms. The summed E-state index contributed by atoms with van der Waals surface area (Å²) in [6.07, 6.45) is 1.05. The molecule has 1 unspecified atom stereocenters. The molecule has 1 aliphatic carbocycles. The number of aromatic nitrogens is 2. The fourth-order valence-electron chi connectivity index (χ4n) is 4.73. The molecule has 34 heavy (non-hydrogen) atoms. The Kier molecular flexibility index (Phi) is 5.73. The Bertz CT molecular complexity index is 1260. The number of fused-ring (bicyclic) bond motifs is 1. The van der Waals surface area contributed by atoms with Crippen LogP contribution in [0.1, 0.15) is 61.0 Å². The van der Waals surface area contributed by atoms with Crippen molar-refractivity contribution in [3.63, 3.8) is 0 Å². The molecule has 1 aliphatic heterocycles. The maximum Gasteiger partial charge on any atom is 0.256 e. The van der Waals surface area contributed by atoms with Crippen molar-refractivity contribution in [3.8, 4) is 5.75 Å². The lowest BCUT2D eigenvalue weighted by atomic mass is 9.94. The summed E-state index contributed by atoms with van der Waals surface area (Å²) in [5.74, 6) is 0.881. The van der Waals surface area contributed by atoms with Crippen LogP contribution in [0.3, 0.4) is 0 Å². The number of ether oxygens (including phenoxy) is 1. The third-order valence-corrected chi connectivity index (χ3v) is 6.69. The van der Waals surface area contributed by atoms with Crippen LogP contribution in [0.4, 0.5) is 0 Å². The topological polar surface area (TPSA) is 95.5 Å². The number of benzene rings is 2. The number of rotatable bonds is 6. The minimum atomic E-state index is -1.32. The molecule has 0 bridgehead atoms. The van der Waals surface area contributed by atoms with Crippen molar-refractivity contribution in [3.05, 3.63) is 93.2 Å². The van der Waals surface area contributed by atoms with E-state index in [0.717, 1.165) is 24.1 Å². The lowest BCUT2D eigenvalue weighted by Crippen LogP contribution is -2.42. The molecule has 176 valence electrons. The van der Waals surface area contributed by atoms with Gasteiger partial charge in [0.25, 0.3) is 11.5 Å². The van der Waals surface area contributed by atoms with Crippen LogP contribution in [0.2, 0.25) is 0 Å². The molecule has 7 heteroatoms.